The minimum absolute atomic E-state index is 0.283. The second-order valence-electron chi connectivity index (χ2n) is 7.46. The molecule has 0 saturated carbocycles. The maximum atomic E-state index is 12.5. The van der Waals surface area contributed by atoms with Crippen molar-refractivity contribution >= 4 is 45.9 Å². The standard InChI is InChI=1S/C25H22Cl2N2O3/c1-3-16-6-10-23-21(12-16)29-24(32-23)13-17-4-8-19(9-5-17)28-25(30)15(2)31-22-11-7-18(26)14-20(22)27/h4-12,14-15H,3,13H2,1-2H3,(H,28,30). The van der Waals surface area contributed by atoms with Gasteiger partial charge in [0.15, 0.2) is 17.6 Å². The Morgan fingerprint density at radius 2 is 1.81 bits per heavy atom. The Morgan fingerprint density at radius 1 is 1.06 bits per heavy atom. The molecule has 5 nitrogen and oxygen atoms in total. The Kier molecular flexibility index (Phi) is 6.68. The van der Waals surface area contributed by atoms with E-state index in [2.05, 4.69) is 29.4 Å². The van der Waals surface area contributed by atoms with Gasteiger partial charge >= 0.3 is 0 Å². The number of rotatable bonds is 7. The third-order valence-electron chi connectivity index (χ3n) is 5.05. The smallest absolute Gasteiger partial charge is 0.265 e. The number of nitrogens with zero attached hydrogens (tertiary/aromatic N) is 1. The summed E-state index contributed by atoms with van der Waals surface area (Å²) < 4.78 is 11.5. The van der Waals surface area contributed by atoms with Crippen molar-refractivity contribution in [1.82, 2.24) is 4.98 Å². The molecule has 4 rings (SSSR count). The zero-order valence-corrected chi connectivity index (χ0v) is 19.2. The van der Waals surface area contributed by atoms with Gasteiger partial charge in [-0.15, -0.1) is 0 Å². The van der Waals surface area contributed by atoms with E-state index < -0.39 is 6.10 Å². The van der Waals surface area contributed by atoms with Gasteiger partial charge in [0, 0.05) is 17.1 Å². The molecular formula is C25H22Cl2N2O3. The molecule has 0 spiro atoms. The number of nitrogens with one attached hydrogen (secondary N) is 1. The molecule has 0 radical (unpaired) electrons. The molecule has 32 heavy (non-hydrogen) atoms. The number of carbonyl (C=O) groups excluding carboxylic acids is 1. The monoisotopic (exact) mass is 468 g/mol. The number of ether oxygens (including phenoxy) is 1. The van der Waals surface area contributed by atoms with E-state index >= 15 is 0 Å². The van der Waals surface area contributed by atoms with Crippen LogP contribution in [0.2, 0.25) is 10.0 Å². The first-order valence-electron chi connectivity index (χ1n) is 10.3. The molecule has 7 heteroatoms. The minimum Gasteiger partial charge on any atom is -0.479 e. The molecule has 1 aromatic heterocycles. The molecule has 3 aromatic carbocycles. The van der Waals surface area contributed by atoms with Crippen LogP contribution < -0.4 is 10.1 Å². The largest absolute Gasteiger partial charge is 0.479 e. The van der Waals surface area contributed by atoms with Crippen molar-refractivity contribution in [2.45, 2.75) is 32.8 Å². The summed E-state index contributed by atoms with van der Waals surface area (Å²) in [6.07, 6.45) is 0.793. The Bertz CT molecular complexity index is 1250. The quantitative estimate of drug-likeness (QED) is 0.327. The summed E-state index contributed by atoms with van der Waals surface area (Å²) >= 11 is 12.0. The van der Waals surface area contributed by atoms with Crippen LogP contribution in [-0.4, -0.2) is 17.0 Å². The number of anilines is 1. The highest BCUT2D eigenvalue weighted by Crippen LogP contribution is 2.28. The lowest BCUT2D eigenvalue weighted by atomic mass is 10.1. The Balaban J connectivity index is 1.37. The van der Waals surface area contributed by atoms with Crippen LogP contribution in [-0.2, 0) is 17.6 Å². The zero-order valence-electron chi connectivity index (χ0n) is 17.7. The van der Waals surface area contributed by atoms with Gasteiger partial charge in [-0.1, -0.05) is 48.3 Å². The van der Waals surface area contributed by atoms with E-state index in [4.69, 9.17) is 32.4 Å². The summed E-state index contributed by atoms with van der Waals surface area (Å²) in [5.41, 5.74) is 4.59. The fourth-order valence-electron chi connectivity index (χ4n) is 3.26. The number of halogens is 2. The Morgan fingerprint density at radius 3 is 2.53 bits per heavy atom. The lowest BCUT2D eigenvalue weighted by Crippen LogP contribution is -2.30. The highest BCUT2D eigenvalue weighted by molar-refractivity contribution is 6.35. The van der Waals surface area contributed by atoms with E-state index in [1.165, 1.54) is 5.56 Å². The SMILES string of the molecule is CCc1ccc2oc(Cc3ccc(NC(=O)C(C)Oc4ccc(Cl)cc4Cl)cc3)nc2c1. The van der Waals surface area contributed by atoms with E-state index in [-0.39, 0.29) is 5.91 Å². The van der Waals surface area contributed by atoms with Crippen LogP contribution in [0.4, 0.5) is 5.69 Å². The number of amides is 1. The second-order valence-corrected chi connectivity index (χ2v) is 8.30. The first kappa shape index (κ1) is 22.2. The summed E-state index contributed by atoms with van der Waals surface area (Å²) in [4.78, 5) is 17.1. The van der Waals surface area contributed by atoms with Crippen molar-refractivity contribution in [2.75, 3.05) is 5.32 Å². The van der Waals surface area contributed by atoms with Gasteiger partial charge in [0.2, 0.25) is 0 Å². The fraction of sp³-hybridized carbons (Fsp3) is 0.200. The lowest BCUT2D eigenvalue weighted by molar-refractivity contribution is -0.122. The summed E-state index contributed by atoms with van der Waals surface area (Å²) in [6.45, 7) is 3.77. The molecule has 1 N–H and O–H groups in total. The first-order valence-corrected chi connectivity index (χ1v) is 11.1. The molecule has 0 aliphatic carbocycles. The fourth-order valence-corrected chi connectivity index (χ4v) is 3.71. The van der Waals surface area contributed by atoms with Gasteiger partial charge in [-0.2, -0.15) is 0 Å². The number of carbonyl (C=O) groups is 1. The van der Waals surface area contributed by atoms with Gasteiger partial charge in [0.05, 0.1) is 5.02 Å². The molecule has 0 saturated heterocycles. The van der Waals surface area contributed by atoms with E-state index in [1.54, 1.807) is 25.1 Å². The maximum Gasteiger partial charge on any atom is 0.265 e. The van der Waals surface area contributed by atoms with E-state index in [9.17, 15) is 4.79 Å². The Hall–Kier alpha value is -3.02. The average molecular weight is 469 g/mol. The maximum absolute atomic E-state index is 12.5. The van der Waals surface area contributed by atoms with Crippen LogP contribution in [0.3, 0.4) is 0 Å². The van der Waals surface area contributed by atoms with Gasteiger partial charge in [0.25, 0.3) is 5.91 Å². The van der Waals surface area contributed by atoms with Crippen molar-refractivity contribution in [1.29, 1.82) is 0 Å². The summed E-state index contributed by atoms with van der Waals surface area (Å²) in [5.74, 6) is 0.778. The van der Waals surface area contributed by atoms with Crippen molar-refractivity contribution in [3.05, 3.63) is 87.7 Å². The van der Waals surface area contributed by atoms with Crippen molar-refractivity contribution in [3.63, 3.8) is 0 Å². The van der Waals surface area contributed by atoms with Crippen molar-refractivity contribution in [3.8, 4) is 5.75 Å². The molecule has 0 aliphatic rings. The summed E-state index contributed by atoms with van der Waals surface area (Å²) in [6, 6.07) is 18.5. The van der Waals surface area contributed by atoms with Gasteiger partial charge < -0.3 is 14.5 Å². The van der Waals surface area contributed by atoms with Gasteiger partial charge in [-0.3, -0.25) is 4.79 Å². The predicted octanol–water partition coefficient (Wildman–Crippen LogP) is 6.69. The molecule has 1 heterocycles. The summed E-state index contributed by atoms with van der Waals surface area (Å²) in [5, 5.41) is 3.70. The molecule has 1 unspecified atom stereocenters. The first-order chi connectivity index (χ1) is 15.4. The van der Waals surface area contributed by atoms with Crippen LogP contribution >= 0.6 is 23.2 Å². The molecular weight excluding hydrogens is 447 g/mol. The summed E-state index contributed by atoms with van der Waals surface area (Å²) in [7, 11) is 0. The number of oxazole rings is 1. The van der Waals surface area contributed by atoms with E-state index in [0.717, 1.165) is 23.1 Å². The van der Waals surface area contributed by atoms with Crippen molar-refractivity contribution in [2.24, 2.45) is 0 Å². The van der Waals surface area contributed by atoms with E-state index in [1.807, 2.05) is 30.3 Å². The van der Waals surface area contributed by atoms with Crippen LogP contribution in [0.5, 0.6) is 5.75 Å². The molecule has 164 valence electrons. The molecule has 0 fully saturated rings. The number of hydrogen-bond acceptors (Lipinski definition) is 4. The van der Waals surface area contributed by atoms with Gasteiger partial charge in [0.1, 0.15) is 11.3 Å². The molecule has 0 bridgehead atoms. The molecule has 1 amide bonds. The topological polar surface area (TPSA) is 64.4 Å². The van der Waals surface area contributed by atoms with E-state index in [0.29, 0.717) is 33.8 Å². The zero-order chi connectivity index (χ0) is 22.7. The number of fused-ring (bicyclic) bond motifs is 1. The molecule has 1 atom stereocenters. The number of aryl methyl sites for hydroxylation is 1. The normalized spacial score (nSPS) is 12.0. The second kappa shape index (κ2) is 9.63. The highest BCUT2D eigenvalue weighted by Gasteiger charge is 2.17. The third-order valence-corrected chi connectivity index (χ3v) is 5.58. The van der Waals surface area contributed by atoms with Crippen LogP contribution in [0, 0.1) is 0 Å². The molecule has 0 aliphatic heterocycles. The third kappa shape index (κ3) is 5.23. The highest BCUT2D eigenvalue weighted by atomic mass is 35.5. The number of hydrogen-bond donors (Lipinski definition) is 1. The number of aromatic nitrogens is 1. The van der Waals surface area contributed by atoms with Gasteiger partial charge in [-0.25, -0.2) is 4.98 Å². The Labute approximate surface area is 196 Å². The lowest BCUT2D eigenvalue weighted by Gasteiger charge is -2.16. The average Bonchev–Trinajstić information content (AvgIpc) is 3.18. The van der Waals surface area contributed by atoms with Crippen molar-refractivity contribution < 1.29 is 13.9 Å². The van der Waals surface area contributed by atoms with Crippen LogP contribution in [0.25, 0.3) is 11.1 Å². The minimum atomic E-state index is -0.735. The van der Waals surface area contributed by atoms with Gasteiger partial charge in [-0.05, 0) is 66.9 Å². The molecule has 4 aromatic rings. The predicted molar refractivity (Wildman–Crippen MR) is 128 cm³/mol. The van der Waals surface area contributed by atoms with Crippen LogP contribution in [0.15, 0.2) is 65.1 Å². The number of benzene rings is 3. The van der Waals surface area contributed by atoms with Crippen LogP contribution in [0.1, 0.15) is 30.9 Å².